The summed E-state index contributed by atoms with van der Waals surface area (Å²) in [5.74, 6) is -1.10. The molecule has 0 radical (unpaired) electrons. The number of thiophene rings is 1. The monoisotopic (exact) mass is 383 g/mol. The van der Waals surface area contributed by atoms with Gasteiger partial charge in [0, 0.05) is 11.6 Å². The Morgan fingerprint density at radius 2 is 2.05 bits per heavy atom. The van der Waals surface area contributed by atoms with Crippen LogP contribution in [0.15, 0.2) is 34.1 Å². The number of ether oxygens (including phenoxy) is 1. The van der Waals surface area contributed by atoms with Gasteiger partial charge >= 0.3 is 5.97 Å². The van der Waals surface area contributed by atoms with Crippen molar-refractivity contribution in [2.45, 2.75) is 6.92 Å². The second-order valence-electron chi connectivity index (χ2n) is 4.36. The van der Waals surface area contributed by atoms with Gasteiger partial charge in [0.1, 0.15) is 0 Å². The Morgan fingerprint density at radius 1 is 1.32 bits per heavy atom. The van der Waals surface area contributed by atoms with Crippen LogP contribution >= 0.6 is 27.3 Å². The molecule has 0 bridgehead atoms. The molecular weight excluding hydrogens is 374 g/mol. The number of Topliss-reactive ketones (excluding diaryl/α,β-unsaturated/α-hetero) is 1. The van der Waals surface area contributed by atoms with Crippen LogP contribution in [-0.2, 0) is 4.74 Å². The number of carbonyl (C=O) groups excluding carboxylic acids is 2. The fourth-order valence-corrected chi connectivity index (χ4v) is 2.99. The smallest absolute Gasteiger partial charge is 0.338 e. The summed E-state index contributed by atoms with van der Waals surface area (Å²) in [7, 11) is 0. The molecule has 2 rings (SSSR count). The highest BCUT2D eigenvalue weighted by Gasteiger charge is 2.17. The molecule has 0 fully saturated rings. The van der Waals surface area contributed by atoms with Crippen LogP contribution in [0.1, 0.15) is 25.6 Å². The summed E-state index contributed by atoms with van der Waals surface area (Å²) in [4.78, 5) is 34.4. The predicted molar refractivity (Wildman–Crippen MR) is 84.5 cm³/mol. The van der Waals surface area contributed by atoms with E-state index in [4.69, 9.17) is 4.74 Å². The summed E-state index contributed by atoms with van der Waals surface area (Å²) < 4.78 is 5.71. The number of nitrogens with zero attached hydrogens (tertiary/aromatic N) is 1. The summed E-state index contributed by atoms with van der Waals surface area (Å²) in [5.41, 5.74) is 0.321. The van der Waals surface area contributed by atoms with E-state index in [0.717, 1.165) is 9.85 Å². The van der Waals surface area contributed by atoms with E-state index in [2.05, 4.69) is 15.9 Å². The molecule has 1 heterocycles. The van der Waals surface area contributed by atoms with Gasteiger partial charge in [0.15, 0.2) is 6.61 Å². The molecule has 0 aliphatic carbocycles. The Morgan fingerprint density at radius 3 is 2.64 bits per heavy atom. The van der Waals surface area contributed by atoms with Crippen LogP contribution in [0.25, 0.3) is 0 Å². The van der Waals surface area contributed by atoms with Crippen LogP contribution in [0, 0.1) is 17.0 Å². The Kier molecular flexibility index (Phi) is 5.04. The Hall–Kier alpha value is -2.06. The minimum Gasteiger partial charge on any atom is -0.454 e. The third-order valence-corrected chi connectivity index (χ3v) is 4.49. The molecule has 114 valence electrons. The molecule has 0 atom stereocenters. The highest BCUT2D eigenvalue weighted by molar-refractivity contribution is 9.11. The molecular formula is C14H10BrNO5S. The number of benzene rings is 1. The molecule has 6 nitrogen and oxygen atoms in total. The highest BCUT2D eigenvalue weighted by Crippen LogP contribution is 2.23. The second-order valence-corrected chi connectivity index (χ2v) is 6.82. The van der Waals surface area contributed by atoms with E-state index in [1.807, 2.05) is 0 Å². The molecule has 0 saturated carbocycles. The summed E-state index contributed by atoms with van der Waals surface area (Å²) in [5, 5.41) is 10.8. The number of hydrogen-bond acceptors (Lipinski definition) is 6. The van der Waals surface area contributed by atoms with E-state index in [9.17, 15) is 19.7 Å². The normalized spacial score (nSPS) is 10.3. The van der Waals surface area contributed by atoms with Crippen LogP contribution in [0.4, 0.5) is 5.69 Å². The van der Waals surface area contributed by atoms with Crippen LogP contribution in [-0.4, -0.2) is 23.3 Å². The average Bonchev–Trinajstić information content (AvgIpc) is 2.91. The van der Waals surface area contributed by atoms with Crippen LogP contribution in [0.2, 0.25) is 0 Å². The van der Waals surface area contributed by atoms with Gasteiger partial charge in [0.25, 0.3) is 5.69 Å². The summed E-state index contributed by atoms with van der Waals surface area (Å²) in [6, 6.07) is 7.39. The number of nitro groups is 1. The third kappa shape index (κ3) is 3.77. The lowest BCUT2D eigenvalue weighted by atomic mass is 10.1. The number of carbonyl (C=O) groups is 2. The lowest BCUT2D eigenvalue weighted by molar-refractivity contribution is -0.385. The van der Waals surface area contributed by atoms with Crippen LogP contribution in [0.5, 0.6) is 0 Å². The molecule has 1 aromatic heterocycles. The number of ketones is 1. The van der Waals surface area contributed by atoms with E-state index >= 15 is 0 Å². The number of nitro benzene ring substituents is 1. The summed E-state index contributed by atoms with van der Waals surface area (Å²) in [6.07, 6.45) is 0. The first-order valence-corrected chi connectivity index (χ1v) is 7.70. The molecule has 8 heteroatoms. The first-order chi connectivity index (χ1) is 10.4. The Balaban J connectivity index is 2.05. The molecule has 0 aliphatic rings. The Bertz CT molecular complexity index is 755. The maximum Gasteiger partial charge on any atom is 0.338 e. The standard InChI is InChI=1S/C14H10BrNO5S/c1-8-2-3-9(6-10(8)16(19)20)14(18)21-7-11(17)12-4-5-13(15)22-12/h2-6H,7H2,1H3. The van der Waals surface area contributed by atoms with Crippen molar-refractivity contribution >= 4 is 44.7 Å². The van der Waals surface area contributed by atoms with Crippen molar-refractivity contribution in [1.82, 2.24) is 0 Å². The van der Waals surface area contributed by atoms with E-state index in [0.29, 0.717) is 10.4 Å². The molecule has 0 saturated heterocycles. The molecule has 22 heavy (non-hydrogen) atoms. The maximum absolute atomic E-state index is 11.9. The van der Waals surface area contributed by atoms with E-state index in [1.54, 1.807) is 19.1 Å². The zero-order chi connectivity index (χ0) is 16.3. The van der Waals surface area contributed by atoms with Crippen molar-refractivity contribution in [3.63, 3.8) is 0 Å². The number of halogens is 1. The lowest BCUT2D eigenvalue weighted by Crippen LogP contribution is -2.13. The van der Waals surface area contributed by atoms with Gasteiger partial charge in [-0.15, -0.1) is 11.3 Å². The number of aryl methyl sites for hydroxylation is 1. The lowest BCUT2D eigenvalue weighted by Gasteiger charge is -2.04. The van der Waals surface area contributed by atoms with Gasteiger partial charge in [-0.2, -0.15) is 0 Å². The fourth-order valence-electron chi connectivity index (χ4n) is 1.68. The molecule has 1 aromatic carbocycles. The Labute approximate surface area is 138 Å². The van der Waals surface area contributed by atoms with E-state index < -0.39 is 17.5 Å². The van der Waals surface area contributed by atoms with Gasteiger partial charge < -0.3 is 4.74 Å². The SMILES string of the molecule is Cc1ccc(C(=O)OCC(=O)c2ccc(Br)s2)cc1[N+](=O)[O-]. The van der Waals surface area contributed by atoms with Gasteiger partial charge in [-0.1, -0.05) is 6.07 Å². The van der Waals surface area contributed by atoms with Crippen molar-refractivity contribution in [3.8, 4) is 0 Å². The van der Waals surface area contributed by atoms with Gasteiger partial charge in [0.2, 0.25) is 5.78 Å². The number of hydrogen-bond donors (Lipinski definition) is 0. The molecule has 0 spiro atoms. The molecule has 0 unspecified atom stereocenters. The molecule has 0 aliphatic heterocycles. The minimum absolute atomic E-state index is 0.0393. The predicted octanol–water partition coefficient (Wildman–Crippen LogP) is 3.77. The van der Waals surface area contributed by atoms with E-state index in [1.165, 1.54) is 23.5 Å². The van der Waals surface area contributed by atoms with Crippen molar-refractivity contribution in [1.29, 1.82) is 0 Å². The molecule has 0 amide bonds. The summed E-state index contributed by atoms with van der Waals surface area (Å²) >= 11 is 4.48. The average molecular weight is 384 g/mol. The third-order valence-electron chi connectivity index (χ3n) is 2.82. The van der Waals surface area contributed by atoms with Crippen LogP contribution < -0.4 is 0 Å². The zero-order valence-corrected chi connectivity index (χ0v) is 13.8. The van der Waals surface area contributed by atoms with Crippen molar-refractivity contribution in [3.05, 3.63) is 60.2 Å². The van der Waals surface area contributed by atoms with Gasteiger partial charge in [-0.3, -0.25) is 14.9 Å². The topological polar surface area (TPSA) is 86.5 Å². The first-order valence-electron chi connectivity index (χ1n) is 6.09. The van der Waals surface area contributed by atoms with Gasteiger partial charge in [-0.05, 0) is 41.1 Å². The number of rotatable bonds is 5. The highest BCUT2D eigenvalue weighted by atomic mass is 79.9. The van der Waals surface area contributed by atoms with E-state index in [-0.39, 0.29) is 17.0 Å². The van der Waals surface area contributed by atoms with Crippen LogP contribution in [0.3, 0.4) is 0 Å². The zero-order valence-electron chi connectivity index (χ0n) is 11.4. The maximum atomic E-state index is 11.9. The van der Waals surface area contributed by atoms with Crippen molar-refractivity contribution < 1.29 is 19.2 Å². The minimum atomic E-state index is -0.771. The van der Waals surface area contributed by atoms with Gasteiger partial charge in [0.05, 0.1) is 19.2 Å². The largest absolute Gasteiger partial charge is 0.454 e. The first kappa shape index (κ1) is 16.3. The fraction of sp³-hybridized carbons (Fsp3) is 0.143. The quantitative estimate of drug-likeness (QED) is 0.339. The number of esters is 1. The second kappa shape index (κ2) is 6.80. The molecule has 2 aromatic rings. The van der Waals surface area contributed by atoms with Crippen molar-refractivity contribution in [2.75, 3.05) is 6.61 Å². The summed E-state index contributed by atoms with van der Waals surface area (Å²) in [6.45, 7) is 1.17. The van der Waals surface area contributed by atoms with Crippen molar-refractivity contribution in [2.24, 2.45) is 0 Å². The van der Waals surface area contributed by atoms with Gasteiger partial charge in [-0.25, -0.2) is 4.79 Å². The molecule has 0 N–H and O–H groups in total.